The van der Waals surface area contributed by atoms with E-state index in [-0.39, 0.29) is 5.88 Å². The van der Waals surface area contributed by atoms with Gasteiger partial charge in [0, 0.05) is 12.3 Å². The first-order valence-corrected chi connectivity index (χ1v) is 1.77. The van der Waals surface area contributed by atoms with E-state index in [2.05, 4.69) is 16.3 Å². The van der Waals surface area contributed by atoms with E-state index in [0.29, 0.717) is 0 Å². The van der Waals surface area contributed by atoms with Crippen LogP contribution in [0, 0.1) is 6.33 Å². The lowest BCUT2D eigenvalue weighted by Crippen LogP contribution is -1.73. The van der Waals surface area contributed by atoms with Crippen LogP contribution in [-0.4, -0.2) is 15.1 Å². The highest BCUT2D eigenvalue weighted by Crippen LogP contribution is 1.93. The van der Waals surface area contributed by atoms with E-state index in [1.807, 2.05) is 0 Å². The Balaban J connectivity index is 3.02. The summed E-state index contributed by atoms with van der Waals surface area (Å²) in [6.45, 7) is 0. The minimum atomic E-state index is -0.0463. The summed E-state index contributed by atoms with van der Waals surface area (Å²) in [5.74, 6) is -0.0463. The van der Waals surface area contributed by atoms with Crippen molar-refractivity contribution in [1.82, 2.24) is 9.97 Å². The molecule has 35 valence electrons. The van der Waals surface area contributed by atoms with Crippen LogP contribution in [0.1, 0.15) is 0 Å². The molecule has 1 heterocycles. The average molecular weight is 95.1 g/mol. The van der Waals surface area contributed by atoms with Gasteiger partial charge in [-0.1, -0.05) is 0 Å². The lowest BCUT2D eigenvalue weighted by molar-refractivity contribution is 0.451. The van der Waals surface area contributed by atoms with Crippen molar-refractivity contribution in [2.45, 2.75) is 0 Å². The van der Waals surface area contributed by atoms with Gasteiger partial charge in [0.1, 0.15) is 0 Å². The van der Waals surface area contributed by atoms with E-state index in [1.54, 1.807) is 0 Å². The average Bonchev–Trinajstić information content (AvgIpc) is 1.69. The number of rotatable bonds is 0. The zero-order chi connectivity index (χ0) is 5.11. The Morgan fingerprint density at radius 3 is 2.86 bits per heavy atom. The molecule has 0 aromatic carbocycles. The molecule has 0 bridgehead atoms. The molecule has 0 aliphatic rings. The van der Waals surface area contributed by atoms with E-state index in [4.69, 9.17) is 5.11 Å². The van der Waals surface area contributed by atoms with Crippen LogP contribution in [-0.2, 0) is 0 Å². The van der Waals surface area contributed by atoms with Crippen LogP contribution < -0.4 is 0 Å². The summed E-state index contributed by atoms with van der Waals surface area (Å²) in [7, 11) is 0. The molecule has 0 aliphatic heterocycles. The molecule has 0 fully saturated rings. The highest BCUT2D eigenvalue weighted by Gasteiger charge is 1.78. The third-order valence-corrected chi connectivity index (χ3v) is 0.520. The Morgan fingerprint density at radius 1 is 1.71 bits per heavy atom. The maximum absolute atomic E-state index is 8.45. The number of nitrogens with zero attached hydrogens (tertiary/aromatic N) is 2. The van der Waals surface area contributed by atoms with Crippen LogP contribution in [0.15, 0.2) is 12.3 Å². The summed E-state index contributed by atoms with van der Waals surface area (Å²) in [6, 6.07) is 1.39. The molecule has 1 aromatic rings. The van der Waals surface area contributed by atoms with Gasteiger partial charge in [-0.3, -0.25) is 0 Å². The van der Waals surface area contributed by atoms with Crippen molar-refractivity contribution in [2.75, 3.05) is 0 Å². The molecule has 1 radical (unpaired) electrons. The molecule has 0 saturated carbocycles. The fourth-order valence-corrected chi connectivity index (χ4v) is 0.255. The van der Waals surface area contributed by atoms with Gasteiger partial charge in [-0.2, -0.15) is 4.98 Å². The van der Waals surface area contributed by atoms with Crippen LogP contribution in [0.25, 0.3) is 0 Å². The van der Waals surface area contributed by atoms with Crippen molar-refractivity contribution in [3.63, 3.8) is 0 Å². The first-order valence-electron chi connectivity index (χ1n) is 1.77. The van der Waals surface area contributed by atoms with E-state index < -0.39 is 0 Å². The van der Waals surface area contributed by atoms with E-state index in [0.717, 1.165) is 0 Å². The summed E-state index contributed by atoms with van der Waals surface area (Å²) in [4.78, 5) is 6.75. The summed E-state index contributed by atoms with van der Waals surface area (Å²) >= 11 is 0. The Labute approximate surface area is 40.7 Å². The second kappa shape index (κ2) is 1.55. The van der Waals surface area contributed by atoms with Gasteiger partial charge in [-0.15, -0.1) is 0 Å². The van der Waals surface area contributed by atoms with Crippen molar-refractivity contribution < 1.29 is 5.11 Å². The van der Waals surface area contributed by atoms with Crippen molar-refractivity contribution in [2.24, 2.45) is 0 Å². The fraction of sp³-hybridized carbons (Fsp3) is 0. The van der Waals surface area contributed by atoms with E-state index in [1.165, 1.54) is 12.3 Å². The summed E-state index contributed by atoms with van der Waals surface area (Å²) < 4.78 is 0. The van der Waals surface area contributed by atoms with Crippen LogP contribution in [0.3, 0.4) is 0 Å². The third kappa shape index (κ3) is 0.855. The van der Waals surface area contributed by atoms with Crippen molar-refractivity contribution in [1.29, 1.82) is 0 Å². The largest absolute Gasteiger partial charge is 0.493 e. The fourth-order valence-electron chi connectivity index (χ4n) is 0.255. The number of hydrogen-bond donors (Lipinski definition) is 1. The molecule has 7 heavy (non-hydrogen) atoms. The number of aromatic nitrogens is 2. The summed E-state index contributed by atoms with van der Waals surface area (Å²) in [5, 5.41) is 8.45. The molecule has 1 aromatic heterocycles. The molecule has 0 saturated heterocycles. The molecular formula is C4H3N2O. The maximum atomic E-state index is 8.45. The Kier molecular flexibility index (Phi) is 0.898. The molecule has 0 spiro atoms. The Morgan fingerprint density at radius 2 is 2.57 bits per heavy atom. The van der Waals surface area contributed by atoms with Crippen molar-refractivity contribution in [3.8, 4) is 5.88 Å². The summed E-state index contributed by atoms with van der Waals surface area (Å²) in [5.41, 5.74) is 0. The van der Waals surface area contributed by atoms with Crippen LogP contribution >= 0.6 is 0 Å². The predicted octanol–water partition coefficient (Wildman–Crippen LogP) is -0.0176. The molecule has 3 heteroatoms. The zero-order valence-corrected chi connectivity index (χ0v) is 3.50. The van der Waals surface area contributed by atoms with Gasteiger partial charge in [0.15, 0.2) is 0 Å². The lowest BCUT2D eigenvalue weighted by Gasteiger charge is -1.79. The topological polar surface area (TPSA) is 46.0 Å². The molecule has 0 aliphatic carbocycles. The number of aromatic hydroxyl groups is 1. The molecule has 1 N–H and O–H groups in total. The second-order valence-electron chi connectivity index (χ2n) is 1.01. The highest BCUT2D eigenvalue weighted by molar-refractivity contribution is 5.00. The first-order chi connectivity index (χ1) is 3.39. The quantitative estimate of drug-likeness (QED) is 0.492. The molecule has 0 atom stereocenters. The second-order valence-corrected chi connectivity index (χ2v) is 1.01. The minimum Gasteiger partial charge on any atom is -0.493 e. The maximum Gasteiger partial charge on any atom is 0.214 e. The van der Waals surface area contributed by atoms with Crippen molar-refractivity contribution in [3.05, 3.63) is 18.6 Å². The van der Waals surface area contributed by atoms with Gasteiger partial charge in [-0.25, -0.2) is 4.98 Å². The normalized spacial score (nSPS) is 8.57. The lowest BCUT2D eigenvalue weighted by atomic mass is 10.7. The van der Waals surface area contributed by atoms with E-state index >= 15 is 0 Å². The van der Waals surface area contributed by atoms with Gasteiger partial charge in [0.2, 0.25) is 12.2 Å². The third-order valence-electron chi connectivity index (χ3n) is 0.520. The number of hydrogen-bond acceptors (Lipinski definition) is 3. The van der Waals surface area contributed by atoms with Gasteiger partial charge >= 0.3 is 0 Å². The monoisotopic (exact) mass is 95.0 g/mol. The predicted molar refractivity (Wildman–Crippen MR) is 22.5 cm³/mol. The van der Waals surface area contributed by atoms with Crippen LogP contribution in [0.2, 0.25) is 0 Å². The standard InChI is InChI=1S/C4H3N2O/c7-4-1-2-5-3-6-4/h1-2H,(H,5,6,7). The zero-order valence-electron chi connectivity index (χ0n) is 3.50. The Bertz CT molecular complexity index is 140. The SMILES string of the molecule is Oc1ccn[c]n1. The Hall–Kier alpha value is -1.12. The van der Waals surface area contributed by atoms with Crippen molar-refractivity contribution >= 4 is 0 Å². The van der Waals surface area contributed by atoms with Gasteiger partial charge < -0.3 is 5.11 Å². The smallest absolute Gasteiger partial charge is 0.214 e. The minimum absolute atomic E-state index is 0.0463. The van der Waals surface area contributed by atoms with Gasteiger partial charge in [-0.05, 0) is 0 Å². The molecule has 0 unspecified atom stereocenters. The molecule has 3 nitrogen and oxygen atoms in total. The highest BCUT2D eigenvalue weighted by atomic mass is 16.3. The first kappa shape index (κ1) is 4.05. The van der Waals surface area contributed by atoms with Gasteiger partial charge in [0.05, 0.1) is 0 Å². The molecule has 1 rings (SSSR count). The van der Waals surface area contributed by atoms with E-state index in [9.17, 15) is 0 Å². The van der Waals surface area contributed by atoms with Gasteiger partial charge in [0.25, 0.3) is 0 Å². The van der Waals surface area contributed by atoms with Crippen LogP contribution in [0.5, 0.6) is 5.88 Å². The molecular weight excluding hydrogens is 92.1 g/mol. The summed E-state index contributed by atoms with van der Waals surface area (Å²) in [6.07, 6.45) is 3.63. The molecule has 0 amide bonds. The van der Waals surface area contributed by atoms with Crippen LogP contribution in [0.4, 0.5) is 0 Å².